The smallest absolute Gasteiger partial charge is 0.235 e. The summed E-state index contributed by atoms with van der Waals surface area (Å²) in [5.74, 6) is -2.90. The number of nitrogens with zero attached hydrogens (tertiary/aromatic N) is 2. The summed E-state index contributed by atoms with van der Waals surface area (Å²) in [7, 11) is 0. The summed E-state index contributed by atoms with van der Waals surface area (Å²) in [5.41, 5.74) is 10.7. The highest BCUT2D eigenvalue weighted by Crippen LogP contribution is 2.46. The second kappa shape index (κ2) is 12.4. The molecule has 0 radical (unpaired) electrons. The summed E-state index contributed by atoms with van der Waals surface area (Å²) < 4.78 is 4.51. The van der Waals surface area contributed by atoms with Crippen LogP contribution in [0.25, 0.3) is 43.6 Å². The Balaban J connectivity index is 0.000000130. The van der Waals surface area contributed by atoms with Crippen molar-refractivity contribution >= 4 is 67.2 Å². The number of fused-ring (bicyclic) bond motifs is 2. The molecule has 0 bridgehead atoms. The first-order chi connectivity index (χ1) is 27.4. The molecule has 8 aromatic rings. The lowest BCUT2D eigenvalue weighted by atomic mass is 9.83. The Morgan fingerprint density at radius 1 is 0.446 bits per heavy atom. The highest BCUT2D eigenvalue weighted by atomic mass is 16.2. The molecule has 4 N–H and O–H groups in total. The molecule has 4 amide bonds. The van der Waals surface area contributed by atoms with Gasteiger partial charge in [0.2, 0.25) is 23.6 Å². The monoisotopic (exact) mass is 738 g/mol. The standard InChI is InChI=1S/2C23H19N3O2/c2*27-22-19(16-11-24-18-9-2-1-7-14(16)18)20(23(28)25-22)17-12-26-10-4-6-13-5-3-8-15(17)21(13)26/h2*1-3,5,7-9,11-12,19-20,24H,4,6,10H2,(H,25,27,28)/t2*19-,20+/m10/s1. The average molecular weight is 739 g/mol. The first-order valence-corrected chi connectivity index (χ1v) is 19.5. The van der Waals surface area contributed by atoms with Crippen LogP contribution in [-0.2, 0) is 45.1 Å². The lowest BCUT2D eigenvalue weighted by Crippen LogP contribution is -2.21. The van der Waals surface area contributed by atoms with Gasteiger partial charge in [0.25, 0.3) is 0 Å². The number of H-pyrrole nitrogens is 2. The maximum absolute atomic E-state index is 12.9. The van der Waals surface area contributed by atoms with Gasteiger partial charge in [-0.05, 0) is 71.2 Å². The zero-order chi connectivity index (χ0) is 37.7. The second-order valence-electron chi connectivity index (χ2n) is 15.6. The molecule has 12 rings (SSSR count). The van der Waals surface area contributed by atoms with Gasteiger partial charge in [-0.3, -0.25) is 29.8 Å². The Morgan fingerprint density at radius 3 is 1.29 bits per heavy atom. The van der Waals surface area contributed by atoms with Gasteiger partial charge in [-0.2, -0.15) is 0 Å². The first-order valence-electron chi connectivity index (χ1n) is 19.5. The Kier molecular flexibility index (Phi) is 7.26. The predicted molar refractivity (Wildman–Crippen MR) is 214 cm³/mol. The Bertz CT molecular complexity index is 2760. The molecule has 4 aromatic heterocycles. The van der Waals surface area contributed by atoms with E-state index in [0.717, 1.165) is 93.6 Å². The summed E-state index contributed by atoms with van der Waals surface area (Å²) in [6.07, 6.45) is 12.3. The van der Waals surface area contributed by atoms with E-state index in [-0.39, 0.29) is 23.6 Å². The molecule has 4 aliphatic heterocycles. The molecule has 0 spiro atoms. The van der Waals surface area contributed by atoms with Crippen molar-refractivity contribution in [1.29, 1.82) is 0 Å². The minimum absolute atomic E-state index is 0.205. The van der Waals surface area contributed by atoms with E-state index in [2.05, 4.69) is 78.5 Å². The highest BCUT2D eigenvalue weighted by molar-refractivity contribution is 6.14. The van der Waals surface area contributed by atoms with Crippen molar-refractivity contribution < 1.29 is 19.2 Å². The molecule has 0 aliphatic carbocycles. The minimum atomic E-state index is -0.521. The molecule has 0 saturated carbocycles. The summed E-state index contributed by atoms with van der Waals surface area (Å²) in [4.78, 5) is 58.0. The van der Waals surface area contributed by atoms with Gasteiger partial charge in [-0.1, -0.05) is 72.8 Å². The van der Waals surface area contributed by atoms with E-state index in [0.29, 0.717) is 0 Å². The molecule has 4 aliphatic rings. The van der Waals surface area contributed by atoms with Crippen LogP contribution in [0.5, 0.6) is 0 Å². The van der Waals surface area contributed by atoms with E-state index in [9.17, 15) is 19.2 Å². The van der Waals surface area contributed by atoms with Gasteiger partial charge in [0.15, 0.2) is 0 Å². The van der Waals surface area contributed by atoms with Crippen molar-refractivity contribution in [2.45, 2.75) is 62.4 Å². The summed E-state index contributed by atoms with van der Waals surface area (Å²) in [5, 5.41) is 9.36. The number of hydrogen-bond donors (Lipinski definition) is 4. The van der Waals surface area contributed by atoms with Gasteiger partial charge in [-0.15, -0.1) is 0 Å². The predicted octanol–water partition coefficient (Wildman–Crippen LogP) is 7.19. The van der Waals surface area contributed by atoms with E-state index < -0.39 is 23.7 Å². The Labute approximate surface area is 320 Å². The Hall–Kier alpha value is -6.68. The number of carbonyl (C=O) groups is 4. The average Bonchev–Trinajstić information content (AvgIpc) is 4.07. The quantitative estimate of drug-likeness (QED) is 0.142. The minimum Gasteiger partial charge on any atom is -0.361 e. The van der Waals surface area contributed by atoms with E-state index in [1.807, 2.05) is 60.9 Å². The molecular weight excluding hydrogens is 701 g/mol. The fourth-order valence-corrected chi connectivity index (χ4v) is 10.2. The first kappa shape index (κ1) is 32.7. The van der Waals surface area contributed by atoms with Crippen LogP contribution in [0.4, 0.5) is 0 Å². The van der Waals surface area contributed by atoms with Crippen LogP contribution in [-0.4, -0.2) is 42.7 Å². The molecule has 276 valence electrons. The number of imide groups is 2. The third-order valence-corrected chi connectivity index (χ3v) is 12.6. The van der Waals surface area contributed by atoms with Crippen LogP contribution in [0.1, 0.15) is 69.9 Å². The molecule has 4 atom stereocenters. The second-order valence-corrected chi connectivity index (χ2v) is 15.6. The van der Waals surface area contributed by atoms with E-state index in [1.54, 1.807) is 0 Å². The molecule has 8 heterocycles. The van der Waals surface area contributed by atoms with E-state index in [4.69, 9.17) is 0 Å². The van der Waals surface area contributed by atoms with Crippen LogP contribution in [0.15, 0.2) is 110 Å². The number of aromatic nitrogens is 4. The number of hydrogen-bond acceptors (Lipinski definition) is 4. The number of carbonyl (C=O) groups excluding carboxylic acids is 4. The summed E-state index contributed by atoms with van der Waals surface area (Å²) in [6.45, 7) is 1.90. The van der Waals surface area contributed by atoms with Gasteiger partial charge in [0.1, 0.15) is 0 Å². The normalized spacial score (nSPS) is 21.6. The van der Waals surface area contributed by atoms with Gasteiger partial charge >= 0.3 is 0 Å². The molecule has 2 saturated heterocycles. The van der Waals surface area contributed by atoms with Crippen molar-refractivity contribution in [1.82, 2.24) is 29.7 Å². The number of nitrogens with one attached hydrogen (secondary N) is 4. The topological polar surface area (TPSA) is 134 Å². The van der Waals surface area contributed by atoms with Crippen molar-refractivity contribution in [3.8, 4) is 0 Å². The molecule has 10 heteroatoms. The van der Waals surface area contributed by atoms with Crippen molar-refractivity contribution in [2.24, 2.45) is 0 Å². The molecule has 4 aromatic carbocycles. The van der Waals surface area contributed by atoms with E-state index in [1.165, 1.54) is 22.2 Å². The highest BCUT2D eigenvalue weighted by Gasteiger charge is 2.47. The SMILES string of the molecule is O=C1NC(=O)[C@@H](c2c[nH]c3ccccc23)[C@H]1c1cn2c3c(cccc13)CCC2.O=C1NC(=O)[C@@H](c2cn3c4c(cccc24)CCC3)[C@H]1c1c[nH]c2ccccc12. The third-order valence-electron chi connectivity index (χ3n) is 12.6. The lowest BCUT2D eigenvalue weighted by molar-refractivity contribution is -0.127. The van der Waals surface area contributed by atoms with Gasteiger partial charge in [0, 0.05) is 70.5 Å². The number of benzene rings is 4. The van der Waals surface area contributed by atoms with Crippen LogP contribution >= 0.6 is 0 Å². The molecule has 0 unspecified atom stereocenters. The number of rotatable bonds is 4. The summed E-state index contributed by atoms with van der Waals surface area (Å²) >= 11 is 0. The number of amides is 4. The maximum atomic E-state index is 12.9. The van der Waals surface area contributed by atoms with Gasteiger partial charge in [0.05, 0.1) is 34.7 Å². The van der Waals surface area contributed by atoms with Crippen LogP contribution in [0.3, 0.4) is 0 Å². The Morgan fingerprint density at radius 2 is 0.839 bits per heavy atom. The molecule has 2 fully saturated rings. The van der Waals surface area contributed by atoms with Crippen molar-refractivity contribution in [3.63, 3.8) is 0 Å². The zero-order valence-corrected chi connectivity index (χ0v) is 30.5. The van der Waals surface area contributed by atoms with Crippen LogP contribution < -0.4 is 10.6 Å². The van der Waals surface area contributed by atoms with Crippen molar-refractivity contribution in [3.05, 3.63) is 143 Å². The van der Waals surface area contributed by atoms with Gasteiger partial charge in [-0.25, -0.2) is 0 Å². The molecular formula is C46H38N6O4. The van der Waals surface area contributed by atoms with Crippen LogP contribution in [0.2, 0.25) is 0 Å². The third kappa shape index (κ3) is 4.81. The van der Waals surface area contributed by atoms with Gasteiger partial charge < -0.3 is 19.1 Å². The van der Waals surface area contributed by atoms with Crippen molar-refractivity contribution in [2.75, 3.05) is 0 Å². The van der Waals surface area contributed by atoms with E-state index >= 15 is 0 Å². The number of para-hydroxylation sites is 4. The number of aromatic amines is 2. The number of aryl methyl sites for hydroxylation is 4. The summed E-state index contributed by atoms with van der Waals surface area (Å²) in [6, 6.07) is 28.5. The van der Waals surface area contributed by atoms with Crippen LogP contribution in [0, 0.1) is 0 Å². The maximum Gasteiger partial charge on any atom is 0.235 e. The molecule has 10 nitrogen and oxygen atoms in total. The zero-order valence-electron chi connectivity index (χ0n) is 30.5. The fraction of sp³-hybridized carbons (Fsp3) is 0.217. The lowest BCUT2D eigenvalue weighted by Gasteiger charge is -2.15. The largest absolute Gasteiger partial charge is 0.361 e. The molecule has 56 heavy (non-hydrogen) atoms. The fourth-order valence-electron chi connectivity index (χ4n) is 10.2.